The van der Waals surface area contributed by atoms with Gasteiger partial charge < -0.3 is 9.47 Å². The first-order valence-electron chi connectivity index (χ1n) is 8.03. The van der Waals surface area contributed by atoms with Crippen LogP contribution in [0.1, 0.15) is 44.9 Å². The fraction of sp³-hybridized carbons (Fsp3) is 0.647. The molecule has 4 heteroatoms. The highest BCUT2D eigenvalue weighted by Gasteiger charge is 2.11. The van der Waals surface area contributed by atoms with Crippen LogP contribution in [0.2, 0.25) is 0 Å². The first kappa shape index (κ1) is 16.9. The lowest BCUT2D eigenvalue weighted by atomic mass is 10.1. The molecule has 0 unspecified atom stereocenters. The van der Waals surface area contributed by atoms with Crippen molar-refractivity contribution in [2.45, 2.75) is 49.8 Å². The van der Waals surface area contributed by atoms with E-state index < -0.39 is 0 Å². The second-order valence-electron chi connectivity index (χ2n) is 5.35. The van der Waals surface area contributed by atoms with Crippen molar-refractivity contribution < 1.29 is 9.47 Å². The SMILES string of the molecule is SCCCCCCCCCSc1ccc2c(c1)OCCO2. The summed E-state index contributed by atoms with van der Waals surface area (Å²) in [5.74, 6) is 4.00. The van der Waals surface area contributed by atoms with Crippen LogP contribution < -0.4 is 9.47 Å². The first-order valence-corrected chi connectivity index (χ1v) is 9.65. The van der Waals surface area contributed by atoms with E-state index in [4.69, 9.17) is 9.47 Å². The summed E-state index contributed by atoms with van der Waals surface area (Å²) in [5.41, 5.74) is 0. The molecule has 1 aromatic carbocycles. The minimum Gasteiger partial charge on any atom is -0.486 e. The molecule has 2 nitrogen and oxygen atoms in total. The van der Waals surface area contributed by atoms with Crippen LogP contribution in [-0.4, -0.2) is 24.7 Å². The van der Waals surface area contributed by atoms with Gasteiger partial charge in [0.05, 0.1) is 0 Å². The third-order valence-electron chi connectivity index (χ3n) is 3.58. The minimum absolute atomic E-state index is 0.660. The molecule has 0 bridgehead atoms. The van der Waals surface area contributed by atoms with Gasteiger partial charge in [-0.15, -0.1) is 11.8 Å². The second-order valence-corrected chi connectivity index (χ2v) is 6.97. The van der Waals surface area contributed by atoms with E-state index in [1.54, 1.807) is 0 Å². The highest BCUT2D eigenvalue weighted by atomic mass is 32.2. The molecule has 0 aliphatic carbocycles. The molecule has 1 aliphatic heterocycles. The zero-order chi connectivity index (χ0) is 14.8. The van der Waals surface area contributed by atoms with Gasteiger partial charge in [0.25, 0.3) is 0 Å². The van der Waals surface area contributed by atoms with E-state index >= 15 is 0 Å². The molecule has 0 amide bonds. The number of thioether (sulfide) groups is 1. The van der Waals surface area contributed by atoms with Crippen LogP contribution in [0.15, 0.2) is 23.1 Å². The number of ether oxygens (including phenoxy) is 2. The number of benzene rings is 1. The Hall–Kier alpha value is -0.480. The zero-order valence-corrected chi connectivity index (χ0v) is 14.4. The predicted molar refractivity (Wildman–Crippen MR) is 94.3 cm³/mol. The molecule has 0 saturated carbocycles. The lowest BCUT2D eigenvalue weighted by molar-refractivity contribution is 0.171. The standard InChI is InChI=1S/C17H26O2S2/c20-12-6-4-2-1-3-5-7-13-21-15-8-9-16-17(14-15)19-11-10-18-16/h8-9,14,20H,1-7,10-13H2. The molecule has 0 N–H and O–H groups in total. The molecule has 0 aromatic heterocycles. The second kappa shape index (κ2) is 10.3. The Bertz CT molecular complexity index is 410. The highest BCUT2D eigenvalue weighted by molar-refractivity contribution is 7.99. The Labute approximate surface area is 138 Å². The fourth-order valence-electron chi connectivity index (χ4n) is 2.40. The molecular weight excluding hydrogens is 300 g/mol. The summed E-state index contributed by atoms with van der Waals surface area (Å²) in [6.07, 6.45) is 9.37. The molecule has 21 heavy (non-hydrogen) atoms. The van der Waals surface area contributed by atoms with Crippen molar-refractivity contribution in [2.75, 3.05) is 24.7 Å². The maximum absolute atomic E-state index is 5.61. The Morgan fingerprint density at radius 2 is 1.52 bits per heavy atom. The molecule has 0 fully saturated rings. The summed E-state index contributed by atoms with van der Waals surface area (Å²) in [5, 5.41) is 0. The van der Waals surface area contributed by atoms with Gasteiger partial charge in [0.2, 0.25) is 0 Å². The van der Waals surface area contributed by atoms with Crippen LogP contribution in [0.5, 0.6) is 11.5 Å². The zero-order valence-electron chi connectivity index (χ0n) is 12.7. The molecule has 118 valence electrons. The lowest BCUT2D eigenvalue weighted by Crippen LogP contribution is -2.15. The molecule has 1 aromatic rings. The first-order chi connectivity index (χ1) is 10.4. The number of rotatable bonds is 10. The lowest BCUT2D eigenvalue weighted by Gasteiger charge is -2.18. The van der Waals surface area contributed by atoms with Gasteiger partial charge in [-0.05, 0) is 42.5 Å². The summed E-state index contributed by atoms with van der Waals surface area (Å²) in [4.78, 5) is 1.29. The predicted octanol–water partition coefficient (Wildman–Crippen LogP) is 5.21. The number of fused-ring (bicyclic) bond motifs is 1. The Balaban J connectivity index is 1.54. The third-order valence-corrected chi connectivity index (χ3v) is 4.98. The van der Waals surface area contributed by atoms with Crippen molar-refractivity contribution in [3.8, 4) is 11.5 Å². The number of hydrogen-bond acceptors (Lipinski definition) is 4. The molecule has 1 aliphatic rings. The van der Waals surface area contributed by atoms with Gasteiger partial charge in [-0.2, -0.15) is 12.6 Å². The number of thiol groups is 1. The summed E-state index contributed by atoms with van der Waals surface area (Å²) in [7, 11) is 0. The topological polar surface area (TPSA) is 18.5 Å². The van der Waals surface area contributed by atoms with Gasteiger partial charge in [-0.3, -0.25) is 0 Å². The van der Waals surface area contributed by atoms with Gasteiger partial charge in [0.15, 0.2) is 11.5 Å². The van der Waals surface area contributed by atoms with E-state index in [2.05, 4.69) is 24.8 Å². The molecule has 0 atom stereocenters. The average molecular weight is 327 g/mol. The van der Waals surface area contributed by atoms with Crippen molar-refractivity contribution in [3.63, 3.8) is 0 Å². The molecule has 0 radical (unpaired) electrons. The molecule has 0 spiro atoms. The van der Waals surface area contributed by atoms with E-state index in [1.807, 2.05) is 17.8 Å². The van der Waals surface area contributed by atoms with E-state index in [0.29, 0.717) is 13.2 Å². The third kappa shape index (κ3) is 6.43. The van der Waals surface area contributed by atoms with Gasteiger partial charge in [-0.1, -0.05) is 32.1 Å². The van der Waals surface area contributed by atoms with Crippen LogP contribution >= 0.6 is 24.4 Å². The van der Waals surface area contributed by atoms with Crippen LogP contribution in [0.3, 0.4) is 0 Å². The molecular formula is C17H26O2S2. The van der Waals surface area contributed by atoms with Crippen molar-refractivity contribution in [1.29, 1.82) is 0 Å². The maximum atomic E-state index is 5.61. The largest absolute Gasteiger partial charge is 0.486 e. The van der Waals surface area contributed by atoms with Gasteiger partial charge in [0, 0.05) is 4.90 Å². The Kier molecular flexibility index (Phi) is 8.26. The number of unbranched alkanes of at least 4 members (excludes halogenated alkanes) is 6. The molecule has 0 saturated heterocycles. The Morgan fingerprint density at radius 1 is 0.857 bits per heavy atom. The van der Waals surface area contributed by atoms with Gasteiger partial charge in [-0.25, -0.2) is 0 Å². The monoisotopic (exact) mass is 326 g/mol. The van der Waals surface area contributed by atoms with E-state index in [0.717, 1.165) is 17.3 Å². The minimum atomic E-state index is 0.660. The number of hydrogen-bond donors (Lipinski definition) is 1. The van der Waals surface area contributed by atoms with Crippen molar-refractivity contribution in [2.24, 2.45) is 0 Å². The van der Waals surface area contributed by atoms with Crippen LogP contribution in [0.4, 0.5) is 0 Å². The summed E-state index contributed by atoms with van der Waals surface area (Å²) in [6.45, 7) is 1.32. The van der Waals surface area contributed by atoms with Gasteiger partial charge in [0.1, 0.15) is 13.2 Å². The maximum Gasteiger partial charge on any atom is 0.162 e. The van der Waals surface area contributed by atoms with Crippen LogP contribution in [0, 0.1) is 0 Å². The Morgan fingerprint density at radius 3 is 2.29 bits per heavy atom. The fourth-order valence-corrected chi connectivity index (χ4v) is 3.56. The average Bonchev–Trinajstić information content (AvgIpc) is 2.53. The molecule has 2 rings (SSSR count). The van der Waals surface area contributed by atoms with Crippen molar-refractivity contribution >= 4 is 24.4 Å². The van der Waals surface area contributed by atoms with Crippen molar-refractivity contribution in [3.05, 3.63) is 18.2 Å². The quantitative estimate of drug-likeness (QED) is 0.362. The van der Waals surface area contributed by atoms with Crippen LogP contribution in [0.25, 0.3) is 0 Å². The van der Waals surface area contributed by atoms with Gasteiger partial charge >= 0.3 is 0 Å². The smallest absolute Gasteiger partial charge is 0.162 e. The highest BCUT2D eigenvalue weighted by Crippen LogP contribution is 2.34. The molecule has 1 heterocycles. The van der Waals surface area contributed by atoms with E-state index in [-0.39, 0.29) is 0 Å². The summed E-state index contributed by atoms with van der Waals surface area (Å²) < 4.78 is 11.1. The van der Waals surface area contributed by atoms with Crippen molar-refractivity contribution in [1.82, 2.24) is 0 Å². The summed E-state index contributed by atoms with van der Waals surface area (Å²) >= 11 is 6.16. The normalized spacial score (nSPS) is 13.4. The van der Waals surface area contributed by atoms with E-state index in [9.17, 15) is 0 Å². The van der Waals surface area contributed by atoms with E-state index in [1.165, 1.54) is 55.6 Å². The summed E-state index contributed by atoms with van der Waals surface area (Å²) in [6, 6.07) is 6.27. The van der Waals surface area contributed by atoms with Crippen LogP contribution in [-0.2, 0) is 0 Å².